The van der Waals surface area contributed by atoms with E-state index < -0.39 is 0 Å². The predicted molar refractivity (Wildman–Crippen MR) is 213 cm³/mol. The number of H-pyrrole nitrogens is 1. The number of hydrogen-bond donors (Lipinski definition) is 1. The van der Waals surface area contributed by atoms with E-state index >= 15 is 0 Å². The third kappa shape index (κ3) is 8.89. The molecule has 6 heterocycles. The minimum Gasteiger partial charge on any atom is -1.00 e. The molecule has 0 spiro atoms. The van der Waals surface area contributed by atoms with Crippen LogP contribution >= 0.6 is 80.0 Å². The first-order valence-corrected chi connectivity index (χ1v) is 17.9. The fourth-order valence-corrected chi connectivity index (χ4v) is 7.01. The summed E-state index contributed by atoms with van der Waals surface area (Å²) in [6, 6.07) is 15.9. The smallest absolute Gasteiger partial charge is 1.00 e. The summed E-state index contributed by atoms with van der Waals surface area (Å²) < 4.78 is 14.7. The second kappa shape index (κ2) is 17.8. The Kier molecular flexibility index (Phi) is 13.7. The Morgan fingerprint density at radius 3 is 1.94 bits per heavy atom. The molecule has 0 saturated heterocycles. The average molecular weight is 962 g/mol. The number of benzene rings is 2. The zero-order valence-corrected chi connectivity index (χ0v) is 35.4. The van der Waals surface area contributed by atoms with E-state index in [9.17, 15) is 0 Å². The van der Waals surface area contributed by atoms with Crippen molar-refractivity contribution in [3.63, 3.8) is 0 Å². The number of methoxy groups -OCH3 is 2. The van der Waals surface area contributed by atoms with E-state index in [0.717, 1.165) is 62.1 Å². The van der Waals surface area contributed by atoms with Crippen molar-refractivity contribution in [2.75, 3.05) is 14.2 Å². The van der Waals surface area contributed by atoms with E-state index in [0.29, 0.717) is 34.2 Å². The summed E-state index contributed by atoms with van der Waals surface area (Å²) in [4.78, 5) is 28.2. The summed E-state index contributed by atoms with van der Waals surface area (Å²) in [7, 11) is 3.22. The van der Waals surface area contributed by atoms with Crippen LogP contribution in [0.3, 0.4) is 0 Å². The molecule has 50 heavy (non-hydrogen) atoms. The number of fused-ring (bicyclic) bond motifs is 4. The largest absolute Gasteiger partial charge is 1.00 e. The number of pyridine rings is 2. The molecule has 0 atom stereocenters. The molecule has 250 valence electrons. The van der Waals surface area contributed by atoms with Crippen LogP contribution in [0.1, 0.15) is 12.6 Å². The second-order valence-electron chi connectivity index (χ2n) is 10.4. The predicted octanol–water partition coefficient (Wildman–Crippen LogP) is 6.61. The number of aromatic amines is 1. The molecule has 6 aromatic heterocycles. The second-order valence-corrected chi connectivity index (χ2v) is 13.9. The third-order valence-electron chi connectivity index (χ3n) is 7.28. The van der Waals surface area contributed by atoms with Gasteiger partial charge in [0.15, 0.2) is 0 Å². The van der Waals surface area contributed by atoms with E-state index in [-0.39, 0.29) is 31.0 Å². The van der Waals surface area contributed by atoms with Crippen molar-refractivity contribution in [1.82, 2.24) is 39.5 Å². The normalized spacial score (nSPS) is 10.7. The molecule has 16 heteroatoms. The van der Waals surface area contributed by atoms with Crippen LogP contribution in [0.25, 0.3) is 43.9 Å². The van der Waals surface area contributed by atoms with Crippen molar-refractivity contribution < 1.29 is 40.5 Å². The molecule has 0 amide bonds. The molecule has 2 aromatic carbocycles. The minimum atomic E-state index is 0. The Hall–Kier alpha value is -2.57. The van der Waals surface area contributed by atoms with Crippen molar-refractivity contribution in [3.8, 4) is 11.8 Å². The maximum absolute atomic E-state index is 6.05. The van der Waals surface area contributed by atoms with Crippen LogP contribution in [0.4, 0.5) is 0 Å². The fraction of sp³-hybridized carbons (Fsp3) is 0.118. The molecule has 1 N–H and O–H groups in total. The first-order valence-electron chi connectivity index (χ1n) is 14.5. The fourth-order valence-electron chi connectivity index (χ4n) is 5.06. The number of nitrogens with zero attached hydrogens (tertiary/aromatic N) is 7. The van der Waals surface area contributed by atoms with Crippen LogP contribution in [-0.2, 0) is 12.4 Å². The van der Waals surface area contributed by atoms with Gasteiger partial charge in [-0.3, -0.25) is 9.97 Å². The Bertz CT molecular complexity index is 2440. The first kappa shape index (κ1) is 38.7. The summed E-state index contributed by atoms with van der Waals surface area (Å²) >= 11 is 22.1. The summed E-state index contributed by atoms with van der Waals surface area (Å²) in [5, 5.41) is 5.23. The van der Waals surface area contributed by atoms with Crippen LogP contribution in [0.2, 0.25) is 10.0 Å². The number of nitrogens with one attached hydrogen (secondary N) is 1. The van der Waals surface area contributed by atoms with Gasteiger partial charge < -0.3 is 20.5 Å². The molecule has 0 radical (unpaired) electrons. The summed E-state index contributed by atoms with van der Waals surface area (Å²) in [5.41, 5.74) is 5.77. The van der Waals surface area contributed by atoms with Crippen LogP contribution in [0.15, 0.2) is 86.0 Å². The molecular weight excluding hydrogens is 936 g/mol. The maximum Gasteiger partial charge on any atom is 1.00 e. The van der Waals surface area contributed by atoms with Crippen molar-refractivity contribution in [2.24, 2.45) is 0 Å². The number of rotatable bonds is 5. The van der Waals surface area contributed by atoms with E-state index in [1.165, 1.54) is 12.7 Å². The molecular formula is C34H26Cl3I2N8NaO2. The van der Waals surface area contributed by atoms with Crippen LogP contribution < -0.4 is 39.0 Å². The number of aromatic nitrogens is 8. The van der Waals surface area contributed by atoms with Gasteiger partial charge in [0.1, 0.15) is 23.9 Å². The Morgan fingerprint density at radius 2 is 1.32 bits per heavy atom. The first-order chi connectivity index (χ1) is 23.8. The van der Waals surface area contributed by atoms with Gasteiger partial charge in [-0.2, -0.15) is 0 Å². The van der Waals surface area contributed by atoms with E-state index in [2.05, 4.69) is 103 Å². The number of halogens is 5. The topological polar surface area (TPSA) is 117 Å². The van der Waals surface area contributed by atoms with Crippen LogP contribution in [-0.4, -0.2) is 53.7 Å². The number of hydrogen-bond acceptors (Lipinski definition) is 8. The zero-order valence-electron chi connectivity index (χ0n) is 27.8. The van der Waals surface area contributed by atoms with Crippen molar-refractivity contribution in [1.29, 1.82) is 0 Å². The Balaban J connectivity index is 0.000000184. The molecule has 0 aliphatic heterocycles. The van der Waals surface area contributed by atoms with E-state index in [1.54, 1.807) is 26.6 Å². The van der Waals surface area contributed by atoms with Gasteiger partial charge in [0.25, 0.3) is 0 Å². The molecule has 0 fully saturated rings. The van der Waals surface area contributed by atoms with Crippen molar-refractivity contribution in [3.05, 3.63) is 114 Å². The zero-order chi connectivity index (χ0) is 34.5. The summed E-state index contributed by atoms with van der Waals surface area (Å²) in [6.07, 6.45) is 10.2. The van der Waals surface area contributed by atoms with Gasteiger partial charge in [-0.15, -0.1) is 11.6 Å². The SMILES string of the molecule is COc1ncnc2[nH]cc(I)c12.COc1ncnc2c1c(I)cn2Cc1ccc2ncc(Cl)cc2c1.ClCc1ccc2ncc(Cl)cc2c1.[H-].[Na+]. The molecule has 0 bridgehead atoms. The summed E-state index contributed by atoms with van der Waals surface area (Å²) in [6.45, 7) is 0.697. The van der Waals surface area contributed by atoms with Crippen molar-refractivity contribution >= 4 is 124 Å². The van der Waals surface area contributed by atoms with Gasteiger partial charge >= 0.3 is 29.6 Å². The molecule has 8 rings (SSSR count). The van der Waals surface area contributed by atoms with Crippen LogP contribution in [0, 0.1) is 7.14 Å². The van der Waals surface area contributed by atoms with E-state index in [4.69, 9.17) is 44.3 Å². The van der Waals surface area contributed by atoms with Crippen LogP contribution in [0.5, 0.6) is 11.8 Å². The van der Waals surface area contributed by atoms with Crippen molar-refractivity contribution in [2.45, 2.75) is 12.4 Å². The van der Waals surface area contributed by atoms with Gasteiger partial charge in [0.2, 0.25) is 11.8 Å². The molecule has 0 aliphatic rings. The molecule has 0 saturated carbocycles. The number of ether oxygens (including phenoxy) is 2. The molecule has 10 nitrogen and oxygen atoms in total. The summed E-state index contributed by atoms with van der Waals surface area (Å²) in [5.74, 6) is 1.73. The van der Waals surface area contributed by atoms with E-state index in [1.807, 2.05) is 42.6 Å². The van der Waals surface area contributed by atoms with Gasteiger partial charge in [0.05, 0.1) is 46.1 Å². The molecule has 0 unspecified atom stereocenters. The van der Waals surface area contributed by atoms with Gasteiger partial charge in [-0.05, 0) is 92.7 Å². The Morgan fingerprint density at radius 1 is 0.740 bits per heavy atom. The molecule has 8 aromatic rings. The van der Waals surface area contributed by atoms with Gasteiger partial charge in [0, 0.05) is 55.1 Å². The monoisotopic (exact) mass is 960 g/mol. The third-order valence-corrected chi connectivity index (χ3v) is 9.67. The van der Waals surface area contributed by atoms with Gasteiger partial charge in [-0.25, -0.2) is 19.9 Å². The average Bonchev–Trinajstić information content (AvgIpc) is 3.66. The standard InChI is InChI=1S/C17H12ClIN4O.C10H7Cl2N.C7H6IN3O.Na.H/c1-24-17-15-13(19)8-23(16(15)21-9-22-17)7-10-2-3-14-11(4-10)5-12(18)6-20-14;11-5-7-1-2-10-8(3-7)4-9(12)6-13-10;1-12-7-5-4(8)2-9-6(5)10-3-11-7;;/h2-6,8-9H,7H2,1H3;1-4,6H,5H2;2-3H,1H3,(H,9,10,11);;/q;;;+1;-1. The van der Waals surface area contributed by atoms with Gasteiger partial charge in [-0.1, -0.05) is 35.3 Å². The minimum absolute atomic E-state index is 0. The quantitative estimate of drug-likeness (QED) is 0.117. The Labute approximate surface area is 352 Å². The molecule has 0 aliphatic carbocycles. The number of alkyl halides is 1. The maximum atomic E-state index is 6.05.